The Morgan fingerprint density at radius 2 is 1.81 bits per heavy atom. The number of aryl methyl sites for hydroxylation is 1. The van der Waals surface area contributed by atoms with Crippen LogP contribution in [0.3, 0.4) is 0 Å². The van der Waals surface area contributed by atoms with Crippen molar-refractivity contribution in [2.75, 3.05) is 0 Å². The van der Waals surface area contributed by atoms with E-state index in [1.54, 1.807) is 6.92 Å². The van der Waals surface area contributed by atoms with Crippen LogP contribution in [0.2, 0.25) is 0 Å². The minimum atomic E-state index is -0.618. The molecule has 1 aliphatic rings. The van der Waals surface area contributed by atoms with E-state index >= 15 is 0 Å². The van der Waals surface area contributed by atoms with Gasteiger partial charge in [0.05, 0.1) is 17.4 Å². The Labute approximate surface area is 151 Å². The number of benzene rings is 1. The molecule has 0 spiro atoms. The number of hydrogen-bond acceptors (Lipinski definition) is 5. The fraction of sp³-hybridized carbons (Fsp3) is 0.500. The predicted octanol–water partition coefficient (Wildman–Crippen LogP) is 3.28. The van der Waals surface area contributed by atoms with E-state index in [1.165, 1.54) is 31.4 Å². The summed E-state index contributed by atoms with van der Waals surface area (Å²) in [6.07, 6.45) is 7.74. The minimum absolute atomic E-state index is 0.0824. The van der Waals surface area contributed by atoms with Crippen LogP contribution in [-0.2, 0) is 11.2 Å². The van der Waals surface area contributed by atoms with E-state index in [-0.39, 0.29) is 41.0 Å². The summed E-state index contributed by atoms with van der Waals surface area (Å²) in [6, 6.07) is 2.62. The average molecular weight is 359 g/mol. The van der Waals surface area contributed by atoms with Crippen LogP contribution in [0.15, 0.2) is 21.3 Å². The molecule has 0 radical (unpaired) electrons. The Kier molecular flexibility index (Phi) is 5.49. The molecule has 0 bridgehead atoms. The number of nitrogens with one attached hydrogen (secondary N) is 1. The van der Waals surface area contributed by atoms with Gasteiger partial charge in [0.15, 0.2) is 0 Å². The smallest absolute Gasteiger partial charge is 0.340 e. The number of carbonyl (C=O) groups excluding carboxylic acids is 1. The van der Waals surface area contributed by atoms with Gasteiger partial charge in [-0.2, -0.15) is 0 Å². The standard InChI is InChI=1S/C20H25NO5/c1-12-15(11-18(24)21-13-7-5-3-2-4-6-8-13)20(25)26-17-10-14(22)9-16(23)19(12)17/h9-10,13,22-23H,2-8,11H2,1H3,(H,21,24). The number of fused-ring (bicyclic) bond motifs is 1. The molecule has 1 amide bonds. The zero-order valence-electron chi connectivity index (χ0n) is 15.0. The maximum atomic E-state index is 12.5. The quantitative estimate of drug-likeness (QED) is 0.730. The van der Waals surface area contributed by atoms with Gasteiger partial charge in [0, 0.05) is 18.2 Å². The molecule has 0 aliphatic heterocycles. The van der Waals surface area contributed by atoms with Crippen LogP contribution in [0.25, 0.3) is 11.0 Å². The van der Waals surface area contributed by atoms with Gasteiger partial charge < -0.3 is 19.9 Å². The normalized spacial score (nSPS) is 16.2. The Bertz CT molecular complexity index is 863. The molecule has 26 heavy (non-hydrogen) atoms. The molecule has 2 aromatic rings. The highest BCUT2D eigenvalue weighted by Gasteiger charge is 2.20. The zero-order valence-corrected chi connectivity index (χ0v) is 15.0. The summed E-state index contributed by atoms with van der Waals surface area (Å²) in [4.78, 5) is 24.8. The van der Waals surface area contributed by atoms with Crippen molar-refractivity contribution in [1.29, 1.82) is 0 Å². The SMILES string of the molecule is Cc1c(CC(=O)NC2CCCCCCC2)c(=O)oc2cc(O)cc(O)c12. The molecule has 0 unspecified atom stereocenters. The molecule has 3 N–H and O–H groups in total. The third kappa shape index (κ3) is 4.00. The van der Waals surface area contributed by atoms with Crippen molar-refractivity contribution in [1.82, 2.24) is 5.32 Å². The lowest BCUT2D eigenvalue weighted by molar-refractivity contribution is -0.121. The molecule has 0 saturated heterocycles. The summed E-state index contributed by atoms with van der Waals surface area (Å²) in [5, 5.41) is 23.0. The van der Waals surface area contributed by atoms with E-state index in [4.69, 9.17) is 4.42 Å². The Hall–Kier alpha value is -2.50. The molecule has 6 nitrogen and oxygen atoms in total. The van der Waals surface area contributed by atoms with E-state index in [0.29, 0.717) is 10.9 Å². The number of aromatic hydroxyl groups is 2. The van der Waals surface area contributed by atoms with Gasteiger partial charge in [0.1, 0.15) is 17.1 Å². The Morgan fingerprint density at radius 3 is 2.50 bits per heavy atom. The molecule has 140 valence electrons. The monoisotopic (exact) mass is 359 g/mol. The summed E-state index contributed by atoms with van der Waals surface area (Å²) >= 11 is 0. The largest absolute Gasteiger partial charge is 0.508 e. The first kappa shape index (κ1) is 18.3. The number of phenolic OH excluding ortho intramolecular Hbond substituents is 2. The predicted molar refractivity (Wildman–Crippen MR) is 98.5 cm³/mol. The van der Waals surface area contributed by atoms with Crippen molar-refractivity contribution in [3.05, 3.63) is 33.7 Å². The molecule has 1 aromatic carbocycles. The first-order valence-corrected chi connectivity index (χ1v) is 9.23. The van der Waals surface area contributed by atoms with Gasteiger partial charge >= 0.3 is 5.63 Å². The van der Waals surface area contributed by atoms with Crippen molar-refractivity contribution in [3.63, 3.8) is 0 Å². The fourth-order valence-corrected chi connectivity index (χ4v) is 3.75. The van der Waals surface area contributed by atoms with Gasteiger partial charge in [-0.1, -0.05) is 32.1 Å². The van der Waals surface area contributed by atoms with Crippen LogP contribution in [0, 0.1) is 6.92 Å². The van der Waals surface area contributed by atoms with Crippen molar-refractivity contribution in [2.45, 2.75) is 64.3 Å². The highest BCUT2D eigenvalue weighted by atomic mass is 16.4. The van der Waals surface area contributed by atoms with Crippen LogP contribution >= 0.6 is 0 Å². The fourth-order valence-electron chi connectivity index (χ4n) is 3.75. The summed E-state index contributed by atoms with van der Waals surface area (Å²) in [5.41, 5.74) is 0.227. The number of amides is 1. The highest BCUT2D eigenvalue weighted by molar-refractivity contribution is 5.90. The van der Waals surface area contributed by atoms with Gasteiger partial charge in [-0.05, 0) is 25.3 Å². The van der Waals surface area contributed by atoms with E-state index in [0.717, 1.165) is 25.7 Å². The molecule has 3 rings (SSSR count). The lowest BCUT2D eigenvalue weighted by Crippen LogP contribution is -2.37. The number of phenols is 2. The molecule has 1 heterocycles. The van der Waals surface area contributed by atoms with E-state index in [2.05, 4.69) is 5.32 Å². The summed E-state index contributed by atoms with van der Waals surface area (Å²) < 4.78 is 5.21. The van der Waals surface area contributed by atoms with Gasteiger partial charge in [-0.15, -0.1) is 0 Å². The molecule has 6 heteroatoms. The average Bonchev–Trinajstić information content (AvgIpc) is 2.53. The topological polar surface area (TPSA) is 99.8 Å². The van der Waals surface area contributed by atoms with Gasteiger partial charge in [-0.25, -0.2) is 4.79 Å². The molecule has 1 aromatic heterocycles. The zero-order chi connectivity index (χ0) is 18.7. The summed E-state index contributed by atoms with van der Waals surface area (Å²) in [6.45, 7) is 1.68. The van der Waals surface area contributed by atoms with E-state index < -0.39 is 5.63 Å². The first-order chi connectivity index (χ1) is 12.5. The van der Waals surface area contributed by atoms with Crippen LogP contribution in [0.1, 0.15) is 56.1 Å². The molecular weight excluding hydrogens is 334 g/mol. The minimum Gasteiger partial charge on any atom is -0.508 e. The van der Waals surface area contributed by atoms with E-state index in [1.807, 2.05) is 0 Å². The maximum absolute atomic E-state index is 12.5. The molecule has 1 saturated carbocycles. The van der Waals surface area contributed by atoms with Gasteiger partial charge in [0.2, 0.25) is 5.91 Å². The van der Waals surface area contributed by atoms with E-state index in [9.17, 15) is 19.8 Å². The van der Waals surface area contributed by atoms with Crippen LogP contribution in [0.5, 0.6) is 11.5 Å². The van der Waals surface area contributed by atoms with Crippen molar-refractivity contribution in [3.8, 4) is 11.5 Å². The van der Waals surface area contributed by atoms with Crippen LogP contribution < -0.4 is 10.9 Å². The van der Waals surface area contributed by atoms with Crippen LogP contribution in [-0.4, -0.2) is 22.2 Å². The second-order valence-electron chi connectivity index (χ2n) is 7.12. The molecule has 0 atom stereocenters. The van der Waals surface area contributed by atoms with Gasteiger partial charge in [-0.3, -0.25) is 4.79 Å². The van der Waals surface area contributed by atoms with Crippen molar-refractivity contribution >= 4 is 16.9 Å². The van der Waals surface area contributed by atoms with Crippen molar-refractivity contribution < 1.29 is 19.4 Å². The van der Waals surface area contributed by atoms with Gasteiger partial charge in [0.25, 0.3) is 0 Å². The number of hydrogen-bond donors (Lipinski definition) is 3. The Morgan fingerprint density at radius 1 is 1.15 bits per heavy atom. The third-order valence-corrected chi connectivity index (χ3v) is 5.15. The summed E-state index contributed by atoms with van der Waals surface area (Å²) in [5.74, 6) is -0.571. The lowest BCUT2D eigenvalue weighted by Gasteiger charge is -2.21. The molecular formula is C20H25NO5. The summed E-state index contributed by atoms with van der Waals surface area (Å²) in [7, 11) is 0. The third-order valence-electron chi connectivity index (χ3n) is 5.15. The maximum Gasteiger partial charge on any atom is 0.340 e. The first-order valence-electron chi connectivity index (χ1n) is 9.23. The number of carbonyl (C=O) groups is 1. The lowest BCUT2D eigenvalue weighted by atomic mass is 9.96. The second kappa shape index (κ2) is 7.81. The molecule has 1 fully saturated rings. The molecule has 1 aliphatic carbocycles. The second-order valence-corrected chi connectivity index (χ2v) is 7.12. The van der Waals surface area contributed by atoms with Crippen molar-refractivity contribution in [2.24, 2.45) is 0 Å². The Balaban J connectivity index is 1.81. The highest BCUT2D eigenvalue weighted by Crippen LogP contribution is 2.32. The van der Waals surface area contributed by atoms with Crippen LogP contribution in [0.4, 0.5) is 0 Å². The number of rotatable bonds is 3.